The molecule has 3 heterocycles. The maximum Gasteiger partial charge on any atom is 0.179 e. The average molecular weight is 438 g/mol. The van der Waals surface area contributed by atoms with E-state index in [0.717, 1.165) is 61.9 Å². The number of nitrogens with one attached hydrogen (secondary N) is 1. The van der Waals surface area contributed by atoms with Crippen molar-refractivity contribution in [3.63, 3.8) is 0 Å². The summed E-state index contributed by atoms with van der Waals surface area (Å²) < 4.78 is 13.0. The monoisotopic (exact) mass is 438 g/mol. The number of hydrogen-bond donors (Lipinski definition) is 1. The number of aromatic nitrogens is 1. The second-order valence-corrected chi connectivity index (χ2v) is 8.70. The molecule has 0 saturated heterocycles. The van der Waals surface area contributed by atoms with Crippen LogP contribution < -0.4 is 14.4 Å². The third-order valence-electron chi connectivity index (χ3n) is 6.76. The lowest BCUT2D eigenvalue weighted by atomic mass is 10.0. The molecule has 0 unspecified atom stereocenters. The van der Waals surface area contributed by atoms with E-state index in [9.17, 15) is 0 Å². The number of nitrogens with zero attached hydrogens (tertiary/aromatic N) is 1. The molecule has 0 aliphatic carbocycles. The number of aromatic amines is 1. The van der Waals surface area contributed by atoms with Gasteiger partial charge in [-0.1, -0.05) is 66.7 Å². The van der Waals surface area contributed by atoms with Crippen molar-refractivity contribution in [1.82, 2.24) is 4.98 Å². The maximum absolute atomic E-state index is 6.54. The van der Waals surface area contributed by atoms with E-state index in [0.29, 0.717) is 0 Å². The van der Waals surface area contributed by atoms with Crippen LogP contribution in [0.15, 0.2) is 103 Å². The first-order valence-corrected chi connectivity index (χ1v) is 11.4. The molecule has 6 aromatic rings. The van der Waals surface area contributed by atoms with E-state index >= 15 is 0 Å². The molecule has 0 radical (unpaired) electrons. The Hall–Kier alpha value is -4.70. The molecule has 0 saturated carbocycles. The first-order valence-electron chi connectivity index (χ1n) is 11.4. The molecule has 1 N–H and O–H groups in total. The van der Waals surface area contributed by atoms with Crippen LogP contribution in [0.5, 0.6) is 23.0 Å². The molecule has 2 aliphatic rings. The van der Waals surface area contributed by atoms with Crippen molar-refractivity contribution < 1.29 is 9.47 Å². The number of anilines is 3. The van der Waals surface area contributed by atoms with Crippen LogP contribution in [-0.2, 0) is 0 Å². The van der Waals surface area contributed by atoms with Crippen LogP contribution in [0.1, 0.15) is 0 Å². The van der Waals surface area contributed by atoms with Gasteiger partial charge in [0.2, 0.25) is 0 Å². The van der Waals surface area contributed by atoms with Gasteiger partial charge in [-0.2, -0.15) is 0 Å². The van der Waals surface area contributed by atoms with Crippen molar-refractivity contribution in [2.24, 2.45) is 0 Å². The Morgan fingerprint density at radius 1 is 0.559 bits per heavy atom. The van der Waals surface area contributed by atoms with Gasteiger partial charge in [-0.3, -0.25) is 4.90 Å². The van der Waals surface area contributed by atoms with Crippen LogP contribution in [0.25, 0.3) is 32.9 Å². The van der Waals surface area contributed by atoms with Crippen LogP contribution in [0.2, 0.25) is 0 Å². The molecule has 5 aromatic carbocycles. The van der Waals surface area contributed by atoms with Crippen molar-refractivity contribution in [2.45, 2.75) is 0 Å². The van der Waals surface area contributed by atoms with E-state index in [1.165, 1.54) is 11.1 Å². The number of H-pyrrole nitrogens is 1. The molecule has 8 rings (SSSR count). The topological polar surface area (TPSA) is 37.5 Å². The number of rotatable bonds is 1. The number of fused-ring (bicyclic) bond motifs is 8. The average Bonchev–Trinajstić information content (AvgIpc) is 3.27. The molecule has 34 heavy (non-hydrogen) atoms. The fourth-order valence-corrected chi connectivity index (χ4v) is 5.23. The van der Waals surface area contributed by atoms with Crippen LogP contribution in [0.3, 0.4) is 0 Å². The number of hydrogen-bond acceptors (Lipinski definition) is 3. The molecule has 0 bridgehead atoms. The van der Waals surface area contributed by atoms with Gasteiger partial charge in [0.25, 0.3) is 0 Å². The summed E-state index contributed by atoms with van der Waals surface area (Å²) in [4.78, 5) is 5.91. The van der Waals surface area contributed by atoms with Crippen molar-refractivity contribution >= 4 is 38.9 Å². The lowest BCUT2D eigenvalue weighted by molar-refractivity contribution is 0.449. The highest BCUT2D eigenvalue weighted by atomic mass is 16.5. The molecule has 2 aliphatic heterocycles. The smallest absolute Gasteiger partial charge is 0.179 e. The van der Waals surface area contributed by atoms with Gasteiger partial charge in [0.15, 0.2) is 23.0 Å². The fraction of sp³-hybridized carbons (Fsp3) is 0. The third-order valence-corrected chi connectivity index (χ3v) is 6.76. The second-order valence-electron chi connectivity index (χ2n) is 8.70. The third kappa shape index (κ3) is 2.32. The van der Waals surface area contributed by atoms with E-state index in [1.807, 2.05) is 42.5 Å². The molecular formula is C30H18N2O2. The van der Waals surface area contributed by atoms with Gasteiger partial charge in [-0.15, -0.1) is 0 Å². The van der Waals surface area contributed by atoms with Gasteiger partial charge in [-0.25, -0.2) is 0 Å². The standard InChI is InChI=1S/C30H18N2O2/c1-2-8-18(9-3-1)19-14-15-20-21-17-27-29-30(28(21)31-22(20)16-19)34-26-13-7-5-11-24(26)32(29)23-10-4-6-12-25(23)33-27/h1-17,31H. The Bertz CT molecular complexity index is 1760. The Balaban J connectivity index is 1.43. The summed E-state index contributed by atoms with van der Waals surface area (Å²) in [6.45, 7) is 0. The van der Waals surface area contributed by atoms with Crippen LogP contribution in [-0.4, -0.2) is 4.98 Å². The molecule has 0 spiro atoms. The van der Waals surface area contributed by atoms with Gasteiger partial charge in [0, 0.05) is 16.3 Å². The Morgan fingerprint density at radius 2 is 1.26 bits per heavy atom. The number of para-hydroxylation sites is 4. The van der Waals surface area contributed by atoms with Gasteiger partial charge in [-0.05, 0) is 47.5 Å². The zero-order valence-corrected chi connectivity index (χ0v) is 18.1. The zero-order valence-electron chi connectivity index (χ0n) is 18.1. The van der Waals surface area contributed by atoms with E-state index < -0.39 is 0 Å². The molecule has 0 fully saturated rings. The van der Waals surface area contributed by atoms with Crippen LogP contribution in [0.4, 0.5) is 17.1 Å². The van der Waals surface area contributed by atoms with Gasteiger partial charge < -0.3 is 14.5 Å². The quantitative estimate of drug-likeness (QED) is 0.279. The highest BCUT2D eigenvalue weighted by Crippen LogP contribution is 2.61. The summed E-state index contributed by atoms with van der Waals surface area (Å²) >= 11 is 0. The summed E-state index contributed by atoms with van der Waals surface area (Å²) in [7, 11) is 0. The number of ether oxygens (including phenoxy) is 2. The molecule has 0 atom stereocenters. The molecule has 160 valence electrons. The van der Waals surface area contributed by atoms with Crippen LogP contribution >= 0.6 is 0 Å². The summed E-state index contributed by atoms with van der Waals surface area (Å²) in [5.41, 5.74) is 7.36. The number of benzene rings is 5. The zero-order chi connectivity index (χ0) is 22.2. The lowest BCUT2D eigenvalue weighted by Gasteiger charge is -2.37. The molecule has 4 nitrogen and oxygen atoms in total. The highest BCUT2D eigenvalue weighted by Gasteiger charge is 2.36. The minimum absolute atomic E-state index is 0.790. The highest BCUT2D eigenvalue weighted by molar-refractivity contribution is 6.14. The maximum atomic E-state index is 6.54. The predicted octanol–water partition coefficient (Wildman–Crippen LogP) is 8.67. The van der Waals surface area contributed by atoms with E-state index in [-0.39, 0.29) is 0 Å². The van der Waals surface area contributed by atoms with Gasteiger partial charge in [0.05, 0.1) is 16.9 Å². The van der Waals surface area contributed by atoms with Crippen molar-refractivity contribution in [3.05, 3.63) is 103 Å². The molecular weight excluding hydrogens is 420 g/mol. The van der Waals surface area contributed by atoms with Crippen molar-refractivity contribution in [1.29, 1.82) is 0 Å². The molecule has 0 amide bonds. The first-order chi connectivity index (χ1) is 16.8. The Morgan fingerprint density at radius 3 is 2.06 bits per heavy atom. The van der Waals surface area contributed by atoms with Crippen molar-refractivity contribution in [2.75, 3.05) is 4.90 Å². The fourth-order valence-electron chi connectivity index (χ4n) is 5.23. The summed E-state index contributed by atoms with van der Waals surface area (Å²) in [5, 5.41) is 2.23. The van der Waals surface area contributed by atoms with E-state index in [1.54, 1.807) is 0 Å². The van der Waals surface area contributed by atoms with E-state index in [2.05, 4.69) is 70.5 Å². The first kappa shape index (κ1) is 17.8. The summed E-state index contributed by atoms with van der Waals surface area (Å²) in [6.07, 6.45) is 0. The van der Waals surface area contributed by atoms with Gasteiger partial charge in [0.1, 0.15) is 5.69 Å². The largest absolute Gasteiger partial charge is 0.453 e. The normalized spacial score (nSPS) is 13.1. The van der Waals surface area contributed by atoms with Gasteiger partial charge >= 0.3 is 0 Å². The predicted molar refractivity (Wildman–Crippen MR) is 136 cm³/mol. The Kier molecular flexibility index (Phi) is 3.36. The van der Waals surface area contributed by atoms with Crippen LogP contribution in [0, 0.1) is 0 Å². The van der Waals surface area contributed by atoms with Crippen molar-refractivity contribution in [3.8, 4) is 34.1 Å². The minimum atomic E-state index is 0.790. The lowest BCUT2D eigenvalue weighted by Crippen LogP contribution is -2.20. The van der Waals surface area contributed by atoms with E-state index in [4.69, 9.17) is 9.47 Å². The SMILES string of the molecule is c1ccc(-c2ccc3c(c2)[nH]c2c4c5c(cc23)Oc2ccccc2N5c2ccccc2O4)cc1. The minimum Gasteiger partial charge on any atom is -0.453 e. The Labute approximate surface area is 195 Å². The second kappa shape index (κ2) is 6.42. The summed E-state index contributed by atoms with van der Waals surface area (Å²) in [6, 6.07) is 35.4. The molecule has 4 heteroatoms. The molecule has 1 aromatic heterocycles. The summed E-state index contributed by atoms with van der Waals surface area (Å²) in [5.74, 6) is 3.25.